The van der Waals surface area contributed by atoms with E-state index >= 15 is 0 Å². The Labute approximate surface area is 131 Å². The fourth-order valence-electron chi connectivity index (χ4n) is 3.05. The molecule has 0 heterocycles. The van der Waals surface area contributed by atoms with Gasteiger partial charge in [0, 0.05) is 24.1 Å². The number of aliphatic hydroxyl groups is 1. The summed E-state index contributed by atoms with van der Waals surface area (Å²) >= 11 is 0. The summed E-state index contributed by atoms with van der Waals surface area (Å²) in [6.45, 7) is 6.68. The van der Waals surface area contributed by atoms with Crippen LogP contribution in [-0.2, 0) is 6.42 Å². The van der Waals surface area contributed by atoms with Gasteiger partial charge in [-0.05, 0) is 49.1 Å². The lowest BCUT2D eigenvalue weighted by Gasteiger charge is -2.24. The minimum atomic E-state index is -0.608. The van der Waals surface area contributed by atoms with E-state index in [2.05, 4.69) is 26.1 Å². The van der Waals surface area contributed by atoms with E-state index in [0.717, 1.165) is 27.8 Å². The Kier molecular flexibility index (Phi) is 3.79. The molecule has 2 nitrogen and oxygen atoms in total. The Hall–Kier alpha value is -1.71. The summed E-state index contributed by atoms with van der Waals surface area (Å²) in [6, 6.07) is 11.1. The smallest absolute Gasteiger partial charge is 0.127 e. The van der Waals surface area contributed by atoms with Crippen molar-refractivity contribution in [3.63, 3.8) is 0 Å². The van der Waals surface area contributed by atoms with Gasteiger partial charge < -0.3 is 10.4 Å². The second-order valence-corrected chi connectivity index (χ2v) is 6.97. The van der Waals surface area contributed by atoms with Gasteiger partial charge in [0.1, 0.15) is 5.82 Å². The van der Waals surface area contributed by atoms with Crippen molar-refractivity contribution in [1.29, 1.82) is 0 Å². The fourth-order valence-corrected chi connectivity index (χ4v) is 3.05. The van der Waals surface area contributed by atoms with Crippen molar-refractivity contribution < 1.29 is 9.50 Å². The highest BCUT2D eigenvalue weighted by Crippen LogP contribution is 2.41. The second kappa shape index (κ2) is 5.49. The number of halogens is 1. The predicted molar refractivity (Wildman–Crippen MR) is 87.4 cm³/mol. The first-order valence-corrected chi connectivity index (χ1v) is 7.69. The van der Waals surface area contributed by atoms with Gasteiger partial charge in [-0.3, -0.25) is 0 Å². The second-order valence-electron chi connectivity index (χ2n) is 6.97. The molecule has 22 heavy (non-hydrogen) atoms. The van der Waals surface area contributed by atoms with Crippen molar-refractivity contribution in [2.24, 2.45) is 0 Å². The van der Waals surface area contributed by atoms with Crippen LogP contribution in [0.5, 0.6) is 0 Å². The molecule has 0 amide bonds. The zero-order chi connectivity index (χ0) is 15.9. The average Bonchev–Trinajstić information content (AvgIpc) is 2.84. The maximum Gasteiger partial charge on any atom is 0.127 e. The summed E-state index contributed by atoms with van der Waals surface area (Å²) in [4.78, 5) is 0. The van der Waals surface area contributed by atoms with E-state index in [1.807, 2.05) is 24.3 Å². The van der Waals surface area contributed by atoms with Gasteiger partial charge in [-0.25, -0.2) is 4.39 Å². The van der Waals surface area contributed by atoms with E-state index < -0.39 is 6.10 Å². The summed E-state index contributed by atoms with van der Waals surface area (Å²) in [5.41, 5.74) is 4.57. The lowest BCUT2D eigenvalue weighted by Crippen LogP contribution is -2.38. The van der Waals surface area contributed by atoms with Crippen LogP contribution >= 0.6 is 0 Å². The third kappa shape index (κ3) is 2.79. The van der Waals surface area contributed by atoms with Crippen molar-refractivity contribution in [3.8, 4) is 11.1 Å². The van der Waals surface area contributed by atoms with Crippen molar-refractivity contribution in [3.05, 3.63) is 58.9 Å². The molecule has 0 radical (unpaired) electrons. The minimum absolute atomic E-state index is 0.0526. The van der Waals surface area contributed by atoms with E-state index in [-0.39, 0.29) is 11.4 Å². The zero-order valence-corrected chi connectivity index (χ0v) is 13.3. The largest absolute Gasteiger partial charge is 0.387 e. The molecule has 0 aliphatic heterocycles. The lowest BCUT2D eigenvalue weighted by molar-refractivity contribution is 0.164. The van der Waals surface area contributed by atoms with Gasteiger partial charge in [-0.1, -0.05) is 30.3 Å². The maximum absolute atomic E-state index is 14.0. The summed E-state index contributed by atoms with van der Waals surface area (Å²) in [7, 11) is 0. The van der Waals surface area contributed by atoms with E-state index in [9.17, 15) is 9.50 Å². The molecule has 1 aliphatic carbocycles. The molecule has 1 aliphatic rings. The topological polar surface area (TPSA) is 32.3 Å². The number of aliphatic hydroxyl groups excluding tert-OH is 1. The monoisotopic (exact) mass is 299 g/mol. The van der Waals surface area contributed by atoms with Crippen LogP contribution in [0.25, 0.3) is 11.1 Å². The van der Waals surface area contributed by atoms with Gasteiger partial charge in [-0.2, -0.15) is 0 Å². The molecule has 0 saturated heterocycles. The highest BCUT2D eigenvalue weighted by Gasteiger charge is 2.26. The third-order valence-electron chi connectivity index (χ3n) is 4.12. The number of fused-ring (bicyclic) bond motifs is 3. The molecule has 3 rings (SSSR count). The molecule has 2 aromatic carbocycles. The molecule has 0 unspecified atom stereocenters. The van der Waals surface area contributed by atoms with E-state index in [0.29, 0.717) is 13.0 Å². The summed E-state index contributed by atoms with van der Waals surface area (Å²) < 4.78 is 14.0. The van der Waals surface area contributed by atoms with Gasteiger partial charge in [0.2, 0.25) is 0 Å². The van der Waals surface area contributed by atoms with E-state index in [4.69, 9.17) is 0 Å². The highest BCUT2D eigenvalue weighted by molar-refractivity contribution is 5.80. The molecular weight excluding hydrogens is 277 g/mol. The Morgan fingerprint density at radius 2 is 1.91 bits per heavy atom. The van der Waals surface area contributed by atoms with Crippen molar-refractivity contribution in [2.45, 2.75) is 38.8 Å². The minimum Gasteiger partial charge on any atom is -0.387 e. The normalized spacial score (nSPS) is 14.6. The summed E-state index contributed by atoms with van der Waals surface area (Å²) in [5.74, 6) is -0.165. The number of hydrogen-bond donors (Lipinski definition) is 2. The number of rotatable bonds is 3. The standard InChI is InChI=1S/C19H22FNO/c1-19(2,3)21-11-17(22)14-8-4-6-12-10-15-13(18(12)14)7-5-9-16(15)20/h4-9,17,21-22H,10-11H2,1-3H3/t17-/m0/s1. The first-order valence-electron chi connectivity index (χ1n) is 7.69. The van der Waals surface area contributed by atoms with E-state index in [1.54, 1.807) is 6.07 Å². The summed E-state index contributed by atoms with van der Waals surface area (Å²) in [6.07, 6.45) is -0.00618. The van der Waals surface area contributed by atoms with Crippen LogP contribution in [0.1, 0.15) is 43.6 Å². The molecule has 0 spiro atoms. The molecule has 0 saturated carbocycles. The number of hydrogen-bond acceptors (Lipinski definition) is 2. The average molecular weight is 299 g/mol. The zero-order valence-electron chi connectivity index (χ0n) is 13.3. The molecule has 2 N–H and O–H groups in total. The van der Waals surface area contributed by atoms with Gasteiger partial charge in [0.15, 0.2) is 0 Å². The fraction of sp³-hybridized carbons (Fsp3) is 0.368. The van der Waals surface area contributed by atoms with Gasteiger partial charge >= 0.3 is 0 Å². The molecule has 3 heteroatoms. The molecule has 0 fully saturated rings. The number of benzene rings is 2. The SMILES string of the molecule is CC(C)(C)NC[C@H](O)c1cccc2c1-c1cccc(F)c1C2. The lowest BCUT2D eigenvalue weighted by atomic mass is 9.95. The first-order chi connectivity index (χ1) is 10.4. The van der Waals surface area contributed by atoms with Crippen LogP contribution in [0, 0.1) is 5.82 Å². The molecule has 2 aromatic rings. The van der Waals surface area contributed by atoms with Crippen molar-refractivity contribution in [2.75, 3.05) is 6.54 Å². The van der Waals surface area contributed by atoms with Crippen LogP contribution in [-0.4, -0.2) is 17.2 Å². The highest BCUT2D eigenvalue weighted by atomic mass is 19.1. The van der Waals surface area contributed by atoms with Gasteiger partial charge in [0.25, 0.3) is 0 Å². The number of nitrogens with one attached hydrogen (secondary N) is 1. The molecule has 1 atom stereocenters. The van der Waals surface area contributed by atoms with Gasteiger partial charge in [-0.15, -0.1) is 0 Å². The van der Waals surface area contributed by atoms with Crippen molar-refractivity contribution in [1.82, 2.24) is 5.32 Å². The van der Waals surface area contributed by atoms with E-state index in [1.165, 1.54) is 6.07 Å². The van der Waals surface area contributed by atoms with Crippen LogP contribution in [0.15, 0.2) is 36.4 Å². The Bertz CT molecular complexity index is 703. The third-order valence-corrected chi connectivity index (χ3v) is 4.12. The molecule has 0 aromatic heterocycles. The van der Waals surface area contributed by atoms with Crippen LogP contribution in [0.4, 0.5) is 4.39 Å². The maximum atomic E-state index is 14.0. The predicted octanol–water partition coefficient (Wildman–Crippen LogP) is 3.82. The first kappa shape index (κ1) is 15.2. The van der Waals surface area contributed by atoms with Crippen LogP contribution in [0.2, 0.25) is 0 Å². The molecule has 0 bridgehead atoms. The van der Waals surface area contributed by atoms with Crippen LogP contribution in [0.3, 0.4) is 0 Å². The van der Waals surface area contributed by atoms with Crippen LogP contribution < -0.4 is 5.32 Å². The number of β-amino-alcohol motifs (C(OH)–C–C–N with tert-alkyl or cyclic N) is 1. The quantitative estimate of drug-likeness (QED) is 0.770. The Morgan fingerprint density at radius 1 is 1.18 bits per heavy atom. The summed E-state index contributed by atoms with van der Waals surface area (Å²) in [5, 5.41) is 13.9. The van der Waals surface area contributed by atoms with Crippen molar-refractivity contribution >= 4 is 0 Å². The molecule has 116 valence electrons. The molecular formula is C19H22FNO. The van der Waals surface area contributed by atoms with Gasteiger partial charge in [0.05, 0.1) is 6.10 Å². The Morgan fingerprint density at radius 3 is 2.64 bits per heavy atom. The Balaban J connectivity index is 1.98.